The van der Waals surface area contributed by atoms with E-state index in [0.29, 0.717) is 37.8 Å². The summed E-state index contributed by atoms with van der Waals surface area (Å²) < 4.78 is 0. The molecule has 0 spiro atoms. The Balaban J connectivity index is 0.000000298. The zero-order valence-corrected chi connectivity index (χ0v) is 67.2. The number of aryl methyl sites for hydroxylation is 8. The molecule has 12 nitrogen and oxygen atoms in total. The molecule has 0 heterocycles. The Bertz CT molecular complexity index is 3030. The summed E-state index contributed by atoms with van der Waals surface area (Å²) in [5, 5.41) is 18.8. The molecule has 0 fully saturated rings. The number of nitrogens with two attached hydrogens (primary N) is 4. The topological polar surface area (TPSA) is 229 Å². The first-order valence-electron chi connectivity index (χ1n) is 41.4. The molecule has 0 aliphatic heterocycles. The van der Waals surface area contributed by atoms with Gasteiger partial charge >= 0.3 is 5.97 Å². The number of carbonyl (C=O) groups is 4. The van der Waals surface area contributed by atoms with Crippen LogP contribution in [0.5, 0.6) is 0 Å². The quantitative estimate of drug-likeness (QED) is 0.0181. The minimum atomic E-state index is -0.683. The van der Waals surface area contributed by atoms with Crippen molar-refractivity contribution in [1.29, 1.82) is 0 Å². The van der Waals surface area contributed by atoms with Crippen molar-refractivity contribution in [2.45, 2.75) is 208 Å². The van der Waals surface area contributed by atoms with Gasteiger partial charge in [-0.3, -0.25) is 19.2 Å². The van der Waals surface area contributed by atoms with Gasteiger partial charge in [0, 0.05) is 43.4 Å². The highest BCUT2D eigenvalue weighted by atomic mass is 16.4. The highest BCUT2D eigenvalue weighted by molar-refractivity contribution is 5.79. The Morgan fingerprint density at radius 3 is 0.725 bits per heavy atom. The van der Waals surface area contributed by atoms with Crippen LogP contribution in [-0.2, 0) is 70.5 Å². The number of benzene rings is 8. The van der Waals surface area contributed by atoms with Crippen molar-refractivity contribution in [2.75, 3.05) is 39.3 Å². The summed E-state index contributed by atoms with van der Waals surface area (Å²) in [6.45, 7) is 15.3. The van der Waals surface area contributed by atoms with Crippen molar-refractivity contribution >= 4 is 23.7 Å². The van der Waals surface area contributed by atoms with Gasteiger partial charge in [0.15, 0.2) is 0 Å². The maximum Gasteiger partial charge on any atom is 0.306 e. The third-order valence-corrected chi connectivity index (χ3v) is 20.4. The van der Waals surface area contributed by atoms with Gasteiger partial charge in [-0.25, -0.2) is 0 Å². The fraction of sp³-hybridized carbons (Fsp3) is 0.464. The van der Waals surface area contributed by atoms with Gasteiger partial charge in [0.25, 0.3) is 0 Å². The number of hydrogen-bond donors (Lipinski definition) is 8. The lowest BCUT2D eigenvalue weighted by Gasteiger charge is -2.19. The number of carboxylic acid groups (broad SMARTS) is 1. The number of carboxylic acids is 1. The Labute approximate surface area is 658 Å². The lowest BCUT2D eigenvalue weighted by molar-refractivity contribution is -0.142. The van der Waals surface area contributed by atoms with Gasteiger partial charge in [0.05, 0.1) is 5.92 Å². The molecule has 109 heavy (non-hydrogen) atoms. The Morgan fingerprint density at radius 2 is 0.505 bits per heavy atom. The van der Waals surface area contributed by atoms with Crippen molar-refractivity contribution < 1.29 is 24.3 Å². The average Bonchev–Trinajstić information content (AvgIpc) is 0.919. The van der Waals surface area contributed by atoms with Gasteiger partial charge in [-0.15, -0.1) is 0 Å². The molecule has 8 aromatic rings. The minimum Gasteiger partial charge on any atom is -0.481 e. The summed E-state index contributed by atoms with van der Waals surface area (Å²) in [6, 6.07) is 82.7. The van der Waals surface area contributed by atoms with E-state index in [0.717, 1.165) is 148 Å². The standard InChI is InChI=1S/C25H35NO.C24H34N2O.C23H33N3O.C18H20O2.C7H17N/c1-3-4-11-21(2)20-26-25(27)24(18-16-22-12-7-5-8-13-22)19-17-23-14-9-6-10-15-23;1-20(9-8-18-25)19-26-24(27)23(16-14-21-10-4-2-5-11-21)17-15-22-12-6-3-7-13-22;24-17-7-12-22(25)18-26-23(27)21(15-13-19-8-3-1-4-9-19)16-14-20-10-5-2-6-11-20;19-18(20)17(13-11-15-7-3-1-4-8-15)14-12-16-9-5-2-6-10-16;1-3-4-5-7(2)6-8/h5-10,12-15,21,24H,3-4,11,16-20H2,1-2H3,(H,26,27);2-7,10-13,20,23H,8-9,14-19,25H2,1H3,(H,26,27);1-6,8-11,21-22H,7,12-18,24-25H2,(H,26,27);1-10,17H,11-14H2,(H,19,20);7H,3-6,8H2,1-2H3/t21-;20-;22-;;7-/m111.1/s1. The van der Waals surface area contributed by atoms with Gasteiger partial charge in [-0.1, -0.05) is 303 Å². The van der Waals surface area contributed by atoms with Gasteiger partial charge in [0.2, 0.25) is 17.7 Å². The lowest BCUT2D eigenvalue weighted by atomic mass is 9.92. The Morgan fingerprint density at radius 1 is 0.294 bits per heavy atom. The van der Waals surface area contributed by atoms with Gasteiger partial charge in [0.1, 0.15) is 0 Å². The summed E-state index contributed by atoms with van der Waals surface area (Å²) in [5.74, 6) is 1.46. The van der Waals surface area contributed by atoms with E-state index in [1.165, 1.54) is 83.0 Å². The van der Waals surface area contributed by atoms with Crippen LogP contribution >= 0.6 is 0 Å². The molecule has 0 radical (unpaired) electrons. The lowest BCUT2D eigenvalue weighted by Crippen LogP contribution is -2.40. The molecule has 8 aromatic carbocycles. The van der Waals surface area contributed by atoms with Crippen molar-refractivity contribution in [3.63, 3.8) is 0 Å². The number of aliphatic carboxylic acids is 1. The molecule has 0 aliphatic rings. The van der Waals surface area contributed by atoms with E-state index in [-0.39, 0.29) is 47.4 Å². The van der Waals surface area contributed by atoms with Crippen LogP contribution in [-0.4, -0.2) is 74.1 Å². The van der Waals surface area contributed by atoms with Crippen molar-refractivity contribution in [1.82, 2.24) is 16.0 Å². The smallest absolute Gasteiger partial charge is 0.306 e. The van der Waals surface area contributed by atoms with Crippen LogP contribution in [0.3, 0.4) is 0 Å². The molecule has 12 N–H and O–H groups in total. The van der Waals surface area contributed by atoms with E-state index in [1.807, 2.05) is 97.1 Å². The second-order valence-corrected chi connectivity index (χ2v) is 30.0. The van der Waals surface area contributed by atoms with E-state index in [1.54, 1.807) is 0 Å². The van der Waals surface area contributed by atoms with Gasteiger partial charge in [-0.05, 0) is 223 Å². The highest BCUT2D eigenvalue weighted by Gasteiger charge is 2.23. The van der Waals surface area contributed by atoms with Crippen LogP contribution in [0.25, 0.3) is 0 Å². The fourth-order valence-corrected chi connectivity index (χ4v) is 13.1. The number of unbranched alkanes of at least 4 members (excludes halogenated alkanes) is 2. The predicted molar refractivity (Wildman–Crippen MR) is 459 cm³/mol. The fourth-order valence-electron chi connectivity index (χ4n) is 13.1. The zero-order valence-electron chi connectivity index (χ0n) is 67.2. The SMILES string of the molecule is CCCC[C@@H](C)CN.CCCC[C@@H](C)CNC(=O)C(CCc1ccccc1)CCc1ccccc1.C[C@H](CCCN)CNC(=O)C(CCc1ccccc1)CCc1ccccc1.NCCC[C@@H](N)CNC(=O)C(CCc1ccccc1)CCc1ccccc1.O=C(O)C(CCc1ccccc1)CCc1ccccc1. The van der Waals surface area contributed by atoms with E-state index in [9.17, 15) is 24.3 Å². The zero-order chi connectivity index (χ0) is 78.6. The first kappa shape index (κ1) is 92.9. The van der Waals surface area contributed by atoms with Crippen LogP contribution in [0.15, 0.2) is 243 Å². The van der Waals surface area contributed by atoms with Crippen LogP contribution in [0.2, 0.25) is 0 Å². The first-order valence-corrected chi connectivity index (χ1v) is 41.4. The summed E-state index contributed by atoms with van der Waals surface area (Å²) in [7, 11) is 0. The Kier molecular flexibility index (Phi) is 51.4. The summed E-state index contributed by atoms with van der Waals surface area (Å²) >= 11 is 0. The number of carbonyl (C=O) groups excluding carboxylic acids is 3. The number of nitrogens with one attached hydrogen (secondary N) is 3. The molecule has 0 unspecified atom stereocenters. The van der Waals surface area contributed by atoms with Crippen molar-refractivity contribution in [3.05, 3.63) is 287 Å². The molecule has 0 aliphatic carbocycles. The highest BCUT2D eigenvalue weighted by Crippen LogP contribution is 2.23. The van der Waals surface area contributed by atoms with Crippen LogP contribution in [0, 0.1) is 41.4 Å². The van der Waals surface area contributed by atoms with Gasteiger partial charge < -0.3 is 44.0 Å². The second kappa shape index (κ2) is 60.3. The molecular formula is C97H139N7O5. The molecule has 0 bridgehead atoms. The maximum absolute atomic E-state index is 12.9. The Hall–Kier alpha value is -8.52. The summed E-state index contributed by atoms with van der Waals surface area (Å²) in [5.41, 5.74) is 32.8. The third-order valence-electron chi connectivity index (χ3n) is 20.4. The van der Waals surface area contributed by atoms with Crippen molar-refractivity contribution in [3.8, 4) is 0 Å². The molecule has 0 saturated heterocycles. The molecule has 8 rings (SSSR count). The van der Waals surface area contributed by atoms with Crippen LogP contribution < -0.4 is 38.9 Å². The maximum atomic E-state index is 12.9. The normalized spacial score (nSPS) is 12.0. The molecule has 592 valence electrons. The third kappa shape index (κ3) is 45.3. The summed E-state index contributed by atoms with van der Waals surface area (Å²) in [6.07, 6.45) is 25.3. The van der Waals surface area contributed by atoms with Crippen molar-refractivity contribution in [2.24, 2.45) is 64.4 Å². The number of hydrogen-bond acceptors (Lipinski definition) is 8. The molecule has 12 heteroatoms. The second-order valence-electron chi connectivity index (χ2n) is 30.0. The monoisotopic (exact) mass is 1480 g/mol. The number of rotatable bonds is 47. The summed E-state index contributed by atoms with van der Waals surface area (Å²) in [4.78, 5) is 49.8. The number of amides is 3. The largest absolute Gasteiger partial charge is 0.481 e. The van der Waals surface area contributed by atoms with E-state index >= 15 is 0 Å². The van der Waals surface area contributed by atoms with E-state index in [4.69, 9.17) is 22.9 Å². The van der Waals surface area contributed by atoms with Gasteiger partial charge in [-0.2, -0.15) is 0 Å². The predicted octanol–water partition coefficient (Wildman–Crippen LogP) is 18.9. The van der Waals surface area contributed by atoms with Crippen LogP contribution in [0.1, 0.15) is 195 Å². The molecule has 3 amide bonds. The van der Waals surface area contributed by atoms with Crippen LogP contribution in [0.4, 0.5) is 0 Å². The molecular weight excluding hydrogens is 1340 g/mol. The molecule has 0 aromatic heterocycles. The minimum absolute atomic E-state index is 0.00730. The first-order chi connectivity index (χ1) is 53.1. The van der Waals surface area contributed by atoms with E-state index in [2.05, 4.69) is 196 Å². The van der Waals surface area contributed by atoms with E-state index < -0.39 is 5.97 Å². The average molecular weight is 1480 g/mol. The molecule has 4 atom stereocenters. The molecule has 0 saturated carbocycles.